The molecule has 0 spiro atoms. The van der Waals surface area contributed by atoms with Gasteiger partial charge in [0.25, 0.3) is 0 Å². The van der Waals surface area contributed by atoms with E-state index in [0.29, 0.717) is 13.2 Å². The number of aliphatic hydroxyl groups is 1. The number of rotatable bonds is 8. The summed E-state index contributed by atoms with van der Waals surface area (Å²) < 4.78 is 5.57. The fourth-order valence-corrected chi connectivity index (χ4v) is 2.64. The molecule has 0 saturated carbocycles. The molecule has 0 fully saturated rings. The number of nitrogens with zero attached hydrogens (tertiary/aromatic N) is 1. The molecule has 2 aromatic rings. The van der Waals surface area contributed by atoms with Gasteiger partial charge < -0.3 is 9.84 Å². The van der Waals surface area contributed by atoms with Crippen molar-refractivity contribution in [1.82, 2.24) is 4.90 Å². The summed E-state index contributed by atoms with van der Waals surface area (Å²) in [5.41, 5.74) is 1.25. The minimum Gasteiger partial charge on any atom is -0.491 e. The zero-order chi connectivity index (χ0) is 15.8. The summed E-state index contributed by atoms with van der Waals surface area (Å²) in [5.74, 6) is 0.789. The SMILES string of the molecule is CSc1ccc(CN(C)CC(O)COc2ccccc2)cc1. The summed E-state index contributed by atoms with van der Waals surface area (Å²) in [6, 6.07) is 18.1. The molecule has 3 nitrogen and oxygen atoms in total. The van der Waals surface area contributed by atoms with Crippen LogP contribution in [0, 0.1) is 0 Å². The largest absolute Gasteiger partial charge is 0.491 e. The summed E-state index contributed by atoms with van der Waals surface area (Å²) >= 11 is 1.74. The van der Waals surface area contributed by atoms with E-state index in [-0.39, 0.29) is 0 Å². The molecule has 1 atom stereocenters. The molecule has 0 amide bonds. The molecular formula is C18H23NO2S. The Morgan fingerprint density at radius 3 is 2.41 bits per heavy atom. The van der Waals surface area contributed by atoms with Gasteiger partial charge in [0.05, 0.1) is 0 Å². The van der Waals surface area contributed by atoms with Gasteiger partial charge in [-0.25, -0.2) is 0 Å². The van der Waals surface area contributed by atoms with Gasteiger partial charge in [-0.05, 0) is 43.1 Å². The van der Waals surface area contributed by atoms with Gasteiger partial charge in [0, 0.05) is 18.0 Å². The number of thioether (sulfide) groups is 1. The van der Waals surface area contributed by atoms with E-state index in [2.05, 4.69) is 35.4 Å². The quantitative estimate of drug-likeness (QED) is 0.757. The lowest BCUT2D eigenvalue weighted by atomic mass is 10.2. The topological polar surface area (TPSA) is 32.7 Å². The second kappa shape index (κ2) is 8.83. The Morgan fingerprint density at radius 2 is 1.77 bits per heavy atom. The van der Waals surface area contributed by atoms with Gasteiger partial charge in [-0.15, -0.1) is 11.8 Å². The molecule has 1 unspecified atom stereocenters. The molecule has 118 valence electrons. The van der Waals surface area contributed by atoms with Crippen molar-refractivity contribution in [1.29, 1.82) is 0 Å². The second-order valence-electron chi connectivity index (χ2n) is 5.32. The fraction of sp³-hybridized carbons (Fsp3) is 0.333. The van der Waals surface area contributed by atoms with Gasteiger partial charge in [-0.1, -0.05) is 30.3 Å². The number of ether oxygens (including phenoxy) is 1. The number of benzene rings is 2. The molecule has 0 bridgehead atoms. The van der Waals surface area contributed by atoms with E-state index >= 15 is 0 Å². The molecule has 0 saturated heterocycles. The minimum atomic E-state index is -0.504. The smallest absolute Gasteiger partial charge is 0.119 e. The van der Waals surface area contributed by atoms with Crippen LogP contribution >= 0.6 is 11.8 Å². The van der Waals surface area contributed by atoms with Crippen molar-refractivity contribution < 1.29 is 9.84 Å². The summed E-state index contributed by atoms with van der Waals surface area (Å²) in [6.07, 6.45) is 1.57. The maximum absolute atomic E-state index is 10.1. The van der Waals surface area contributed by atoms with E-state index in [1.807, 2.05) is 37.4 Å². The Kier molecular flexibility index (Phi) is 6.77. The number of aliphatic hydroxyl groups excluding tert-OH is 1. The lowest BCUT2D eigenvalue weighted by Crippen LogP contribution is -2.32. The van der Waals surface area contributed by atoms with Crippen LogP contribution in [0.5, 0.6) is 5.75 Å². The van der Waals surface area contributed by atoms with Gasteiger partial charge in [0.2, 0.25) is 0 Å². The Bertz CT molecular complexity index is 545. The van der Waals surface area contributed by atoms with Crippen molar-refractivity contribution in [2.75, 3.05) is 26.5 Å². The molecule has 2 aromatic carbocycles. The average molecular weight is 317 g/mol. The molecule has 0 aliphatic carbocycles. The third kappa shape index (κ3) is 5.72. The molecule has 0 aliphatic rings. The summed E-state index contributed by atoms with van der Waals surface area (Å²) in [7, 11) is 2.01. The van der Waals surface area contributed by atoms with Crippen LogP contribution in [-0.2, 0) is 6.54 Å². The van der Waals surface area contributed by atoms with Crippen molar-refractivity contribution in [3.63, 3.8) is 0 Å². The maximum atomic E-state index is 10.1. The molecule has 1 N–H and O–H groups in total. The van der Waals surface area contributed by atoms with E-state index in [1.54, 1.807) is 11.8 Å². The highest BCUT2D eigenvalue weighted by Gasteiger charge is 2.09. The van der Waals surface area contributed by atoms with E-state index in [4.69, 9.17) is 4.74 Å². The molecule has 0 radical (unpaired) electrons. The Balaban J connectivity index is 1.74. The Labute approximate surface area is 136 Å². The van der Waals surface area contributed by atoms with Gasteiger partial charge in [0.1, 0.15) is 18.5 Å². The van der Waals surface area contributed by atoms with E-state index in [1.165, 1.54) is 10.5 Å². The van der Waals surface area contributed by atoms with E-state index < -0.39 is 6.10 Å². The monoisotopic (exact) mass is 317 g/mol. The third-order valence-electron chi connectivity index (χ3n) is 3.32. The van der Waals surface area contributed by atoms with Gasteiger partial charge >= 0.3 is 0 Å². The summed E-state index contributed by atoms with van der Waals surface area (Å²) in [6.45, 7) is 1.70. The van der Waals surface area contributed by atoms with E-state index in [0.717, 1.165) is 12.3 Å². The normalized spacial score (nSPS) is 12.4. The zero-order valence-corrected chi connectivity index (χ0v) is 13.9. The minimum absolute atomic E-state index is 0.305. The molecule has 22 heavy (non-hydrogen) atoms. The Morgan fingerprint density at radius 1 is 1.09 bits per heavy atom. The lowest BCUT2D eigenvalue weighted by Gasteiger charge is -2.21. The first-order valence-electron chi connectivity index (χ1n) is 7.35. The van der Waals surface area contributed by atoms with Crippen LogP contribution in [0.3, 0.4) is 0 Å². The van der Waals surface area contributed by atoms with E-state index in [9.17, 15) is 5.11 Å². The second-order valence-corrected chi connectivity index (χ2v) is 6.20. The van der Waals surface area contributed by atoms with Crippen LogP contribution in [0.4, 0.5) is 0 Å². The van der Waals surface area contributed by atoms with Crippen LogP contribution in [0.15, 0.2) is 59.5 Å². The van der Waals surface area contributed by atoms with Crippen LogP contribution < -0.4 is 4.74 Å². The predicted molar refractivity (Wildman–Crippen MR) is 92.5 cm³/mol. The highest BCUT2D eigenvalue weighted by Crippen LogP contribution is 2.15. The number of likely N-dealkylation sites (N-methyl/N-ethyl adjacent to an activating group) is 1. The molecule has 2 rings (SSSR count). The van der Waals surface area contributed by atoms with Crippen molar-refractivity contribution in [2.24, 2.45) is 0 Å². The number of hydrogen-bond acceptors (Lipinski definition) is 4. The first-order chi connectivity index (χ1) is 10.7. The summed E-state index contributed by atoms with van der Waals surface area (Å²) in [5, 5.41) is 10.1. The van der Waals surface area contributed by atoms with Crippen molar-refractivity contribution in [2.45, 2.75) is 17.5 Å². The first kappa shape index (κ1) is 16.9. The average Bonchev–Trinajstić information content (AvgIpc) is 2.54. The van der Waals surface area contributed by atoms with Crippen molar-refractivity contribution in [3.05, 3.63) is 60.2 Å². The highest BCUT2D eigenvalue weighted by atomic mass is 32.2. The van der Waals surface area contributed by atoms with Crippen LogP contribution in [0.2, 0.25) is 0 Å². The fourth-order valence-electron chi connectivity index (χ4n) is 2.23. The molecule has 4 heteroatoms. The van der Waals surface area contributed by atoms with Crippen molar-refractivity contribution >= 4 is 11.8 Å². The maximum Gasteiger partial charge on any atom is 0.119 e. The lowest BCUT2D eigenvalue weighted by molar-refractivity contribution is 0.0744. The number of para-hydroxylation sites is 1. The van der Waals surface area contributed by atoms with Crippen molar-refractivity contribution in [3.8, 4) is 5.75 Å². The molecule has 0 heterocycles. The molecular weight excluding hydrogens is 294 g/mol. The van der Waals surface area contributed by atoms with Gasteiger partial charge in [-0.3, -0.25) is 4.90 Å². The van der Waals surface area contributed by atoms with Crippen LogP contribution in [0.1, 0.15) is 5.56 Å². The van der Waals surface area contributed by atoms with Gasteiger partial charge in [-0.2, -0.15) is 0 Å². The summed E-state index contributed by atoms with van der Waals surface area (Å²) in [4.78, 5) is 3.37. The van der Waals surface area contributed by atoms with Crippen LogP contribution in [0.25, 0.3) is 0 Å². The Hall–Kier alpha value is -1.49. The first-order valence-corrected chi connectivity index (χ1v) is 8.57. The standard InChI is InChI=1S/C18H23NO2S/c1-19(12-15-8-10-18(22-2)11-9-15)13-16(20)14-21-17-6-4-3-5-7-17/h3-11,16,20H,12-14H2,1-2H3. The van der Waals surface area contributed by atoms with Gasteiger partial charge in [0.15, 0.2) is 0 Å². The predicted octanol–water partition coefficient (Wildman–Crippen LogP) is 3.28. The number of hydrogen-bond donors (Lipinski definition) is 1. The highest BCUT2D eigenvalue weighted by molar-refractivity contribution is 7.98. The molecule has 0 aliphatic heterocycles. The zero-order valence-electron chi connectivity index (χ0n) is 13.1. The van der Waals surface area contributed by atoms with Crippen LogP contribution in [-0.4, -0.2) is 42.6 Å². The third-order valence-corrected chi connectivity index (χ3v) is 4.06. The molecule has 0 aromatic heterocycles.